The molecule has 2 aliphatic rings. The van der Waals surface area contributed by atoms with Crippen LogP contribution in [0.15, 0.2) is 23.0 Å². The topological polar surface area (TPSA) is 75.8 Å². The summed E-state index contributed by atoms with van der Waals surface area (Å²) in [6.45, 7) is 2.07. The maximum absolute atomic E-state index is 12.6. The summed E-state index contributed by atoms with van der Waals surface area (Å²) in [5.41, 5.74) is 1.24. The summed E-state index contributed by atoms with van der Waals surface area (Å²) in [7, 11) is 1.79. The van der Waals surface area contributed by atoms with Gasteiger partial charge in [0.15, 0.2) is 16.6 Å². The predicted molar refractivity (Wildman–Crippen MR) is 102 cm³/mol. The van der Waals surface area contributed by atoms with Gasteiger partial charge in [0.25, 0.3) is 5.56 Å². The molecule has 138 valence electrons. The highest BCUT2D eigenvalue weighted by atomic mass is 32.1. The summed E-state index contributed by atoms with van der Waals surface area (Å²) >= 11 is 5.43. The summed E-state index contributed by atoms with van der Waals surface area (Å²) in [6, 6.07) is 5.57. The molecule has 1 atom stereocenters. The van der Waals surface area contributed by atoms with Crippen molar-refractivity contribution < 1.29 is 14.2 Å². The van der Waals surface area contributed by atoms with Crippen LogP contribution in [-0.2, 0) is 11.3 Å². The van der Waals surface area contributed by atoms with Gasteiger partial charge in [0.05, 0.1) is 18.2 Å². The maximum atomic E-state index is 12.6. The highest BCUT2D eigenvalue weighted by Gasteiger charge is 2.22. The number of benzene rings is 1. The number of fused-ring (bicyclic) bond motifs is 2. The maximum Gasteiger partial charge on any atom is 0.253 e. The SMILES string of the molecule is CNC(=S)N(Cc1cc2cc3c(cc2[nH]c1=O)OCO3)CC1CCCO1. The smallest absolute Gasteiger partial charge is 0.253 e. The molecule has 0 bridgehead atoms. The van der Waals surface area contributed by atoms with Crippen molar-refractivity contribution in [2.24, 2.45) is 0 Å². The first-order chi connectivity index (χ1) is 12.6. The van der Waals surface area contributed by atoms with Crippen molar-refractivity contribution in [2.45, 2.75) is 25.5 Å². The molecule has 1 aromatic carbocycles. The van der Waals surface area contributed by atoms with E-state index in [9.17, 15) is 4.79 Å². The van der Waals surface area contributed by atoms with Crippen LogP contribution >= 0.6 is 12.2 Å². The van der Waals surface area contributed by atoms with Crippen molar-refractivity contribution in [1.29, 1.82) is 0 Å². The molecular weight excluding hydrogens is 354 g/mol. The van der Waals surface area contributed by atoms with E-state index in [-0.39, 0.29) is 18.5 Å². The average Bonchev–Trinajstić information content (AvgIpc) is 3.30. The van der Waals surface area contributed by atoms with Gasteiger partial charge < -0.3 is 29.4 Å². The van der Waals surface area contributed by atoms with Crippen LogP contribution in [0.5, 0.6) is 11.5 Å². The Hall–Kier alpha value is -2.32. The number of aromatic nitrogens is 1. The number of H-pyrrole nitrogens is 1. The molecule has 0 aliphatic carbocycles. The van der Waals surface area contributed by atoms with Crippen LogP contribution in [0.25, 0.3) is 10.9 Å². The minimum atomic E-state index is -0.132. The van der Waals surface area contributed by atoms with E-state index in [0.29, 0.717) is 35.3 Å². The molecule has 1 unspecified atom stereocenters. The molecular formula is C18H21N3O4S. The van der Waals surface area contributed by atoms with Gasteiger partial charge in [-0.2, -0.15) is 0 Å². The number of hydrogen-bond donors (Lipinski definition) is 2. The third-order valence-corrected chi connectivity index (χ3v) is 5.19. The largest absolute Gasteiger partial charge is 0.454 e. The van der Waals surface area contributed by atoms with E-state index in [1.165, 1.54) is 0 Å². The van der Waals surface area contributed by atoms with Crippen molar-refractivity contribution in [3.05, 3.63) is 34.1 Å². The molecule has 2 aromatic rings. The van der Waals surface area contributed by atoms with Crippen LogP contribution in [0.2, 0.25) is 0 Å². The molecule has 2 N–H and O–H groups in total. The summed E-state index contributed by atoms with van der Waals surface area (Å²) in [5.74, 6) is 1.34. The van der Waals surface area contributed by atoms with Crippen molar-refractivity contribution >= 4 is 28.2 Å². The zero-order chi connectivity index (χ0) is 18.1. The predicted octanol–water partition coefficient (Wildman–Crippen LogP) is 1.74. The lowest BCUT2D eigenvalue weighted by Gasteiger charge is -2.27. The lowest BCUT2D eigenvalue weighted by molar-refractivity contribution is 0.0898. The number of pyridine rings is 1. The number of hydrogen-bond acceptors (Lipinski definition) is 5. The fourth-order valence-electron chi connectivity index (χ4n) is 3.38. The average molecular weight is 375 g/mol. The van der Waals surface area contributed by atoms with Gasteiger partial charge in [0.1, 0.15) is 0 Å². The van der Waals surface area contributed by atoms with Crippen LogP contribution in [0.3, 0.4) is 0 Å². The molecule has 1 aromatic heterocycles. The Kier molecular flexibility index (Phi) is 4.69. The van der Waals surface area contributed by atoms with Gasteiger partial charge in [-0.25, -0.2) is 0 Å². The summed E-state index contributed by atoms with van der Waals surface area (Å²) in [6.07, 6.45) is 2.23. The van der Waals surface area contributed by atoms with E-state index in [0.717, 1.165) is 30.4 Å². The third kappa shape index (κ3) is 3.34. The molecule has 4 rings (SSSR count). The van der Waals surface area contributed by atoms with Crippen molar-refractivity contribution in [3.63, 3.8) is 0 Å². The standard InChI is InChI=1S/C18H21N3O4S/c1-19-18(26)21(9-13-3-2-4-23-13)8-12-5-11-6-15-16(25-10-24-15)7-14(11)20-17(12)22/h5-7,13H,2-4,8-10H2,1H3,(H,19,26)(H,20,22). The minimum Gasteiger partial charge on any atom is -0.454 e. The molecule has 2 aliphatic heterocycles. The molecule has 3 heterocycles. The third-order valence-electron chi connectivity index (χ3n) is 4.72. The van der Waals surface area contributed by atoms with Crippen LogP contribution in [0.1, 0.15) is 18.4 Å². The van der Waals surface area contributed by atoms with Gasteiger partial charge in [-0.05, 0) is 37.2 Å². The van der Waals surface area contributed by atoms with E-state index in [4.69, 9.17) is 26.4 Å². The number of ether oxygens (including phenoxy) is 3. The van der Waals surface area contributed by atoms with Crippen LogP contribution in [0, 0.1) is 0 Å². The van der Waals surface area contributed by atoms with Gasteiger partial charge in [0, 0.05) is 37.2 Å². The second-order valence-corrected chi connectivity index (χ2v) is 6.87. The van der Waals surface area contributed by atoms with Gasteiger partial charge in [0.2, 0.25) is 6.79 Å². The first kappa shape index (κ1) is 17.1. The number of nitrogens with zero attached hydrogens (tertiary/aromatic N) is 1. The Morgan fingerprint density at radius 3 is 2.88 bits per heavy atom. The monoisotopic (exact) mass is 375 g/mol. The highest BCUT2D eigenvalue weighted by molar-refractivity contribution is 7.80. The van der Waals surface area contributed by atoms with E-state index in [1.54, 1.807) is 13.1 Å². The van der Waals surface area contributed by atoms with E-state index in [1.807, 2.05) is 17.0 Å². The van der Waals surface area contributed by atoms with E-state index >= 15 is 0 Å². The highest BCUT2D eigenvalue weighted by Crippen LogP contribution is 2.35. The van der Waals surface area contributed by atoms with Crippen LogP contribution in [0.4, 0.5) is 0 Å². The lowest BCUT2D eigenvalue weighted by atomic mass is 10.1. The zero-order valence-corrected chi connectivity index (χ0v) is 15.4. The molecule has 0 radical (unpaired) electrons. The molecule has 0 amide bonds. The van der Waals surface area contributed by atoms with Gasteiger partial charge in [-0.1, -0.05) is 0 Å². The van der Waals surface area contributed by atoms with Crippen LogP contribution in [-0.4, -0.2) is 48.1 Å². The fraction of sp³-hybridized carbons (Fsp3) is 0.444. The Balaban J connectivity index is 1.63. The van der Waals surface area contributed by atoms with Gasteiger partial charge >= 0.3 is 0 Å². The summed E-state index contributed by atoms with van der Waals surface area (Å²) < 4.78 is 16.5. The Bertz CT molecular complexity index is 892. The second kappa shape index (κ2) is 7.13. The zero-order valence-electron chi connectivity index (χ0n) is 14.5. The van der Waals surface area contributed by atoms with Crippen molar-refractivity contribution in [1.82, 2.24) is 15.2 Å². The second-order valence-electron chi connectivity index (χ2n) is 6.49. The molecule has 1 fully saturated rings. The number of rotatable bonds is 4. The molecule has 26 heavy (non-hydrogen) atoms. The number of thiocarbonyl (C=S) groups is 1. The quantitative estimate of drug-likeness (QED) is 0.789. The van der Waals surface area contributed by atoms with Crippen molar-refractivity contribution in [2.75, 3.05) is 27.0 Å². The summed E-state index contributed by atoms with van der Waals surface area (Å²) in [5, 5.41) is 4.50. The molecule has 8 heteroatoms. The summed E-state index contributed by atoms with van der Waals surface area (Å²) in [4.78, 5) is 17.5. The van der Waals surface area contributed by atoms with Gasteiger partial charge in [-0.15, -0.1) is 0 Å². The van der Waals surface area contributed by atoms with E-state index < -0.39 is 0 Å². The Labute approximate surface area is 156 Å². The first-order valence-electron chi connectivity index (χ1n) is 8.68. The lowest BCUT2D eigenvalue weighted by Crippen LogP contribution is -2.42. The molecule has 0 spiro atoms. The minimum absolute atomic E-state index is 0.132. The number of nitrogens with one attached hydrogen (secondary N) is 2. The van der Waals surface area contributed by atoms with Crippen LogP contribution < -0.4 is 20.3 Å². The number of aromatic amines is 1. The Morgan fingerprint density at radius 2 is 2.15 bits per heavy atom. The fourth-order valence-corrected chi connectivity index (χ4v) is 3.51. The first-order valence-corrected chi connectivity index (χ1v) is 9.08. The molecule has 7 nitrogen and oxygen atoms in total. The van der Waals surface area contributed by atoms with Crippen molar-refractivity contribution in [3.8, 4) is 11.5 Å². The molecule has 1 saturated heterocycles. The van der Waals surface area contributed by atoms with Gasteiger partial charge in [-0.3, -0.25) is 4.79 Å². The Morgan fingerprint density at radius 1 is 1.35 bits per heavy atom. The normalized spacial score (nSPS) is 18.3. The molecule has 0 saturated carbocycles. The van der Waals surface area contributed by atoms with E-state index in [2.05, 4.69) is 10.3 Å².